The maximum Gasteiger partial charge on any atom is 0.237 e. The van der Waals surface area contributed by atoms with Gasteiger partial charge in [0.15, 0.2) is 16.8 Å². The summed E-state index contributed by atoms with van der Waals surface area (Å²) in [4.78, 5) is 23.8. The Labute approximate surface area is 166 Å². The highest BCUT2D eigenvalue weighted by molar-refractivity contribution is 8.00. The van der Waals surface area contributed by atoms with Gasteiger partial charge in [0.05, 0.1) is 5.25 Å². The second kappa shape index (κ2) is 8.35. The summed E-state index contributed by atoms with van der Waals surface area (Å²) in [5.74, 6) is 0.0602. The third kappa shape index (κ3) is 4.45. The van der Waals surface area contributed by atoms with E-state index in [9.17, 15) is 14.0 Å². The number of amides is 1. The number of aromatic nitrogens is 3. The Morgan fingerprint density at radius 3 is 2.32 bits per heavy atom. The van der Waals surface area contributed by atoms with E-state index in [0.29, 0.717) is 22.2 Å². The molecule has 0 saturated carbocycles. The quantitative estimate of drug-likeness (QED) is 0.503. The van der Waals surface area contributed by atoms with E-state index >= 15 is 0 Å². The second-order valence-electron chi connectivity index (χ2n) is 6.25. The molecule has 3 aromatic rings. The smallest absolute Gasteiger partial charge is 0.237 e. The molecule has 1 heterocycles. The van der Waals surface area contributed by atoms with Crippen LogP contribution >= 0.6 is 11.8 Å². The molecule has 1 N–H and O–H groups in total. The van der Waals surface area contributed by atoms with Gasteiger partial charge in [-0.15, -0.1) is 10.2 Å². The van der Waals surface area contributed by atoms with Gasteiger partial charge in [0.1, 0.15) is 5.82 Å². The Morgan fingerprint density at radius 2 is 1.71 bits per heavy atom. The van der Waals surface area contributed by atoms with Crippen molar-refractivity contribution in [2.24, 2.45) is 7.05 Å². The molecule has 1 amide bonds. The highest BCUT2D eigenvalue weighted by Gasteiger charge is 2.19. The lowest BCUT2D eigenvalue weighted by atomic mass is 10.1. The van der Waals surface area contributed by atoms with Gasteiger partial charge in [0.2, 0.25) is 5.91 Å². The number of rotatable bonds is 6. The van der Waals surface area contributed by atoms with Crippen LogP contribution in [0.25, 0.3) is 11.4 Å². The molecule has 8 heteroatoms. The number of Topliss-reactive ketones (excluding diaryl/α,β-unsaturated/α-hetero) is 1. The summed E-state index contributed by atoms with van der Waals surface area (Å²) in [5.41, 5.74) is 1.95. The van der Waals surface area contributed by atoms with E-state index in [2.05, 4.69) is 15.5 Å². The summed E-state index contributed by atoms with van der Waals surface area (Å²) >= 11 is 1.27. The third-order valence-electron chi connectivity index (χ3n) is 4.15. The maximum absolute atomic E-state index is 13.1. The molecule has 1 unspecified atom stereocenters. The number of hydrogen-bond acceptors (Lipinski definition) is 5. The summed E-state index contributed by atoms with van der Waals surface area (Å²) < 4.78 is 14.9. The Bertz CT molecular complexity index is 1000. The van der Waals surface area contributed by atoms with Crippen LogP contribution in [-0.4, -0.2) is 31.7 Å². The van der Waals surface area contributed by atoms with Crippen LogP contribution in [0.1, 0.15) is 24.2 Å². The normalized spacial score (nSPS) is 11.9. The molecule has 0 aliphatic rings. The summed E-state index contributed by atoms with van der Waals surface area (Å²) in [7, 11) is 1.80. The van der Waals surface area contributed by atoms with Gasteiger partial charge in [0, 0.05) is 23.9 Å². The number of carbonyl (C=O) groups is 2. The van der Waals surface area contributed by atoms with Crippen LogP contribution in [0.5, 0.6) is 0 Å². The van der Waals surface area contributed by atoms with Crippen LogP contribution in [0.2, 0.25) is 0 Å². The largest absolute Gasteiger partial charge is 0.325 e. The van der Waals surface area contributed by atoms with Crippen molar-refractivity contribution in [1.82, 2.24) is 14.8 Å². The van der Waals surface area contributed by atoms with Crippen LogP contribution < -0.4 is 5.32 Å². The molecule has 0 saturated heterocycles. The van der Waals surface area contributed by atoms with Crippen molar-refractivity contribution in [3.63, 3.8) is 0 Å². The highest BCUT2D eigenvalue weighted by atomic mass is 32.2. The average molecular weight is 398 g/mol. The molecule has 1 aromatic heterocycles. The van der Waals surface area contributed by atoms with Crippen molar-refractivity contribution in [2.45, 2.75) is 24.3 Å². The van der Waals surface area contributed by atoms with E-state index in [1.54, 1.807) is 54.9 Å². The number of benzene rings is 2. The Balaban J connectivity index is 1.67. The van der Waals surface area contributed by atoms with Crippen molar-refractivity contribution in [1.29, 1.82) is 0 Å². The number of hydrogen-bond donors (Lipinski definition) is 1. The van der Waals surface area contributed by atoms with Gasteiger partial charge in [-0.3, -0.25) is 9.59 Å². The lowest BCUT2D eigenvalue weighted by molar-refractivity contribution is -0.115. The molecule has 6 nitrogen and oxygen atoms in total. The van der Waals surface area contributed by atoms with E-state index < -0.39 is 5.25 Å². The minimum Gasteiger partial charge on any atom is -0.325 e. The zero-order valence-electron chi connectivity index (χ0n) is 15.6. The van der Waals surface area contributed by atoms with Gasteiger partial charge in [-0.1, -0.05) is 11.8 Å². The van der Waals surface area contributed by atoms with Gasteiger partial charge >= 0.3 is 0 Å². The highest BCUT2D eigenvalue weighted by Crippen LogP contribution is 2.26. The topological polar surface area (TPSA) is 76.9 Å². The van der Waals surface area contributed by atoms with Crippen molar-refractivity contribution in [2.75, 3.05) is 5.32 Å². The maximum atomic E-state index is 13.1. The van der Waals surface area contributed by atoms with Crippen molar-refractivity contribution < 1.29 is 14.0 Å². The Morgan fingerprint density at radius 1 is 1.07 bits per heavy atom. The van der Waals surface area contributed by atoms with Crippen LogP contribution in [0.3, 0.4) is 0 Å². The summed E-state index contributed by atoms with van der Waals surface area (Å²) in [6.07, 6.45) is 0. The molecular formula is C20H19FN4O2S. The monoisotopic (exact) mass is 398 g/mol. The fourth-order valence-electron chi connectivity index (χ4n) is 2.51. The SMILES string of the molecule is CC(=O)c1ccc(NC(=O)C(C)Sc2nnc(-c3ccc(F)cc3)n2C)cc1. The van der Waals surface area contributed by atoms with Crippen LogP contribution in [-0.2, 0) is 11.8 Å². The number of ketones is 1. The molecular weight excluding hydrogens is 379 g/mol. The molecule has 0 fully saturated rings. The lowest BCUT2D eigenvalue weighted by Gasteiger charge is -2.12. The minimum absolute atomic E-state index is 0.0268. The Kier molecular flexibility index (Phi) is 5.89. The molecule has 0 radical (unpaired) electrons. The summed E-state index contributed by atoms with van der Waals surface area (Å²) in [5, 5.41) is 11.3. The fourth-order valence-corrected chi connectivity index (χ4v) is 3.33. The number of thioether (sulfide) groups is 1. The number of nitrogens with zero attached hydrogens (tertiary/aromatic N) is 3. The first kappa shape index (κ1) is 19.8. The standard InChI is InChI=1S/C20H19FN4O2S/c1-12(26)14-6-10-17(11-7-14)22-19(27)13(2)28-20-24-23-18(25(20)3)15-4-8-16(21)9-5-15/h4-11,13H,1-3H3,(H,22,27). The second-order valence-corrected chi connectivity index (χ2v) is 7.56. The van der Waals surface area contributed by atoms with Gasteiger partial charge in [-0.25, -0.2) is 4.39 Å². The predicted octanol–water partition coefficient (Wildman–Crippen LogP) is 3.94. The van der Waals surface area contributed by atoms with Crippen LogP contribution in [0.15, 0.2) is 53.7 Å². The van der Waals surface area contributed by atoms with E-state index in [1.165, 1.54) is 30.8 Å². The molecule has 1 atom stereocenters. The lowest BCUT2D eigenvalue weighted by Crippen LogP contribution is -2.22. The van der Waals surface area contributed by atoms with Gasteiger partial charge in [-0.05, 0) is 62.4 Å². The van der Waals surface area contributed by atoms with Crippen molar-refractivity contribution in [3.8, 4) is 11.4 Å². The van der Waals surface area contributed by atoms with Crippen molar-refractivity contribution in [3.05, 3.63) is 59.9 Å². The van der Waals surface area contributed by atoms with Gasteiger partial charge < -0.3 is 9.88 Å². The number of anilines is 1. The number of nitrogens with one attached hydrogen (secondary N) is 1. The van der Waals surface area contributed by atoms with E-state index in [0.717, 1.165) is 5.56 Å². The molecule has 3 rings (SSSR count). The number of halogens is 1. The van der Waals surface area contributed by atoms with Gasteiger partial charge in [-0.2, -0.15) is 0 Å². The number of carbonyl (C=O) groups excluding carboxylic acids is 2. The molecule has 0 aliphatic carbocycles. The molecule has 2 aromatic carbocycles. The van der Waals surface area contributed by atoms with Crippen LogP contribution in [0.4, 0.5) is 10.1 Å². The Hall–Kier alpha value is -3.00. The molecule has 0 spiro atoms. The fraction of sp³-hybridized carbons (Fsp3) is 0.200. The first-order valence-corrected chi connectivity index (χ1v) is 9.47. The summed E-state index contributed by atoms with van der Waals surface area (Å²) in [6, 6.07) is 12.7. The average Bonchev–Trinajstić information content (AvgIpc) is 3.03. The zero-order valence-corrected chi connectivity index (χ0v) is 16.5. The molecule has 144 valence electrons. The predicted molar refractivity (Wildman–Crippen MR) is 107 cm³/mol. The zero-order chi connectivity index (χ0) is 20.3. The summed E-state index contributed by atoms with van der Waals surface area (Å²) in [6.45, 7) is 3.27. The van der Waals surface area contributed by atoms with E-state index in [-0.39, 0.29) is 17.5 Å². The molecule has 0 aliphatic heterocycles. The van der Waals surface area contributed by atoms with E-state index in [4.69, 9.17) is 0 Å². The van der Waals surface area contributed by atoms with Crippen molar-refractivity contribution >= 4 is 29.1 Å². The minimum atomic E-state index is -0.420. The van der Waals surface area contributed by atoms with E-state index in [1.807, 2.05) is 0 Å². The van der Waals surface area contributed by atoms with Crippen LogP contribution in [0, 0.1) is 5.82 Å². The molecule has 0 bridgehead atoms. The molecule has 28 heavy (non-hydrogen) atoms. The van der Waals surface area contributed by atoms with Gasteiger partial charge in [0.25, 0.3) is 0 Å². The first-order valence-electron chi connectivity index (χ1n) is 8.59. The first-order chi connectivity index (χ1) is 13.3. The third-order valence-corrected chi connectivity index (χ3v) is 5.28.